The second kappa shape index (κ2) is 7.44. The molecule has 0 bridgehead atoms. The molecule has 2 aliphatic rings. The molecule has 1 saturated heterocycles. The maximum absolute atomic E-state index is 7.15. The van der Waals surface area contributed by atoms with E-state index < -0.39 is 9.03 Å². The van der Waals surface area contributed by atoms with Crippen LogP contribution in [0.2, 0.25) is 0 Å². The number of hydrogen-bond donors (Lipinski definition) is 2. The first-order chi connectivity index (χ1) is 9.35. The minimum atomic E-state index is -0.917. The van der Waals surface area contributed by atoms with Crippen LogP contribution in [-0.2, 0) is 0 Å². The third-order valence-corrected chi connectivity index (χ3v) is 3.63. The molecule has 1 aliphatic carbocycles. The minimum absolute atomic E-state index is 0.810. The molecule has 102 valence electrons. The Balaban J connectivity index is 0.000000408. The molecule has 1 unspecified atom stereocenters. The van der Waals surface area contributed by atoms with Gasteiger partial charge in [0.1, 0.15) is 9.03 Å². The van der Waals surface area contributed by atoms with Gasteiger partial charge in [-0.15, -0.1) is 0 Å². The zero-order valence-electron chi connectivity index (χ0n) is 10.9. The topological polar surface area (TPSA) is 43.7 Å². The number of piperidine rings is 1. The van der Waals surface area contributed by atoms with Crippen molar-refractivity contribution in [2.45, 2.75) is 12.8 Å². The summed E-state index contributed by atoms with van der Waals surface area (Å²) in [6.07, 6.45) is 9.36. The monoisotopic (exact) mass is 277 g/mol. The highest BCUT2D eigenvalue weighted by Crippen LogP contribution is 2.31. The molecule has 1 heterocycles. The smallest absolute Gasteiger partial charge is 0.149 e. The largest absolute Gasteiger partial charge is 0.367 e. The van der Waals surface area contributed by atoms with E-state index in [1.54, 1.807) is 5.57 Å². The third kappa shape index (κ3) is 3.90. The summed E-state index contributed by atoms with van der Waals surface area (Å²) in [4.78, 5) is 16.8. The van der Waals surface area contributed by atoms with Gasteiger partial charge in [-0.05, 0) is 36.5 Å². The Hall–Kier alpha value is -1.15. The van der Waals surface area contributed by atoms with Crippen molar-refractivity contribution in [1.82, 2.24) is 0 Å². The van der Waals surface area contributed by atoms with E-state index in [2.05, 4.69) is 53.5 Å². The molecule has 1 aromatic rings. The lowest BCUT2D eigenvalue weighted by atomic mass is 9.85. The maximum Gasteiger partial charge on any atom is 0.149 e. The van der Waals surface area contributed by atoms with E-state index in [4.69, 9.17) is 9.79 Å². The summed E-state index contributed by atoms with van der Waals surface area (Å²) < 4.78 is 0. The lowest BCUT2D eigenvalue weighted by Gasteiger charge is -2.36. The Bertz CT molecular complexity index is 445. The molecular formula is C15H20NO2P. The predicted octanol–water partition coefficient (Wildman–Crippen LogP) is 2.88. The number of allylic oxidation sites excluding steroid dienone is 3. The highest BCUT2D eigenvalue weighted by molar-refractivity contribution is 7.23. The lowest BCUT2D eigenvalue weighted by Crippen LogP contribution is -2.35. The predicted molar refractivity (Wildman–Crippen MR) is 81.4 cm³/mol. The molecule has 0 saturated carbocycles. The summed E-state index contributed by atoms with van der Waals surface area (Å²) in [6.45, 7) is 2.30. The van der Waals surface area contributed by atoms with Gasteiger partial charge in [-0.1, -0.05) is 36.4 Å². The van der Waals surface area contributed by atoms with E-state index >= 15 is 0 Å². The first-order valence-electron chi connectivity index (χ1n) is 6.54. The SMILES string of the molecule is C1=CCC2CCN(c3ccccc3)CC2=C1.OPO. The number of nitrogens with zero attached hydrogens (tertiary/aromatic N) is 1. The Morgan fingerprint density at radius 3 is 2.63 bits per heavy atom. The number of rotatable bonds is 1. The molecule has 1 aromatic carbocycles. The van der Waals surface area contributed by atoms with Gasteiger partial charge >= 0.3 is 0 Å². The fourth-order valence-electron chi connectivity index (χ4n) is 2.68. The number of anilines is 1. The van der Waals surface area contributed by atoms with E-state index in [-0.39, 0.29) is 0 Å². The first-order valence-corrected chi connectivity index (χ1v) is 7.43. The summed E-state index contributed by atoms with van der Waals surface area (Å²) in [6, 6.07) is 10.7. The average molecular weight is 277 g/mol. The fraction of sp³-hybridized carbons (Fsp3) is 0.333. The fourth-order valence-corrected chi connectivity index (χ4v) is 2.68. The van der Waals surface area contributed by atoms with Crippen LogP contribution in [0.5, 0.6) is 0 Å². The standard InChI is InChI=1S/C15H17N.H3O2P/c1-2-8-15(9-3-1)16-11-10-13-6-4-5-7-14(13)12-16;1-3-2/h1-5,7-9,13H,6,10-12H2;1-3H. The zero-order chi connectivity index (χ0) is 13.5. The second-order valence-electron chi connectivity index (χ2n) is 4.75. The quantitative estimate of drug-likeness (QED) is 0.776. The highest BCUT2D eigenvalue weighted by Gasteiger charge is 2.23. The van der Waals surface area contributed by atoms with E-state index in [0.717, 1.165) is 12.5 Å². The molecule has 0 aromatic heterocycles. The van der Waals surface area contributed by atoms with Crippen LogP contribution < -0.4 is 4.90 Å². The molecule has 3 rings (SSSR count). The Morgan fingerprint density at radius 1 is 1.16 bits per heavy atom. The summed E-state index contributed by atoms with van der Waals surface area (Å²) >= 11 is 0. The van der Waals surface area contributed by atoms with Crippen LogP contribution in [0.1, 0.15) is 12.8 Å². The normalized spacial score (nSPS) is 21.1. The third-order valence-electron chi connectivity index (χ3n) is 3.63. The van der Waals surface area contributed by atoms with E-state index in [1.807, 2.05) is 0 Å². The second-order valence-corrected chi connectivity index (χ2v) is 4.95. The van der Waals surface area contributed by atoms with Gasteiger partial charge in [0.25, 0.3) is 0 Å². The molecule has 1 aliphatic heterocycles. The van der Waals surface area contributed by atoms with Crippen molar-refractivity contribution in [1.29, 1.82) is 0 Å². The molecule has 0 spiro atoms. The van der Waals surface area contributed by atoms with Crippen molar-refractivity contribution < 1.29 is 9.79 Å². The molecule has 0 radical (unpaired) electrons. The van der Waals surface area contributed by atoms with Crippen LogP contribution in [0.4, 0.5) is 5.69 Å². The average Bonchev–Trinajstić information content (AvgIpc) is 2.48. The van der Waals surface area contributed by atoms with Crippen molar-refractivity contribution in [2.24, 2.45) is 5.92 Å². The summed E-state index contributed by atoms with van der Waals surface area (Å²) in [5, 5.41) is 0. The van der Waals surface area contributed by atoms with Crippen LogP contribution in [-0.4, -0.2) is 22.9 Å². The zero-order valence-corrected chi connectivity index (χ0v) is 11.9. The Labute approximate surface area is 116 Å². The molecule has 4 heteroatoms. The number of hydrogen-bond acceptors (Lipinski definition) is 3. The van der Waals surface area contributed by atoms with Crippen LogP contribution in [0, 0.1) is 5.92 Å². The number of para-hydroxylation sites is 1. The van der Waals surface area contributed by atoms with Gasteiger partial charge < -0.3 is 14.7 Å². The van der Waals surface area contributed by atoms with Crippen LogP contribution in [0.15, 0.2) is 54.1 Å². The molecule has 0 amide bonds. The van der Waals surface area contributed by atoms with Crippen LogP contribution in [0.3, 0.4) is 0 Å². The van der Waals surface area contributed by atoms with Crippen molar-refractivity contribution in [3.8, 4) is 0 Å². The van der Waals surface area contributed by atoms with Crippen LogP contribution in [0.25, 0.3) is 0 Å². The molecule has 2 N–H and O–H groups in total. The van der Waals surface area contributed by atoms with Gasteiger partial charge in [-0.2, -0.15) is 0 Å². The van der Waals surface area contributed by atoms with Gasteiger partial charge in [0.2, 0.25) is 0 Å². The first kappa shape index (κ1) is 14.3. The van der Waals surface area contributed by atoms with Crippen molar-refractivity contribution in [3.63, 3.8) is 0 Å². The van der Waals surface area contributed by atoms with E-state index in [0.29, 0.717) is 0 Å². The molecule has 1 fully saturated rings. The van der Waals surface area contributed by atoms with E-state index in [1.165, 1.54) is 25.1 Å². The minimum Gasteiger partial charge on any atom is -0.367 e. The van der Waals surface area contributed by atoms with Crippen molar-refractivity contribution >= 4 is 14.7 Å². The number of benzene rings is 1. The van der Waals surface area contributed by atoms with E-state index in [9.17, 15) is 0 Å². The summed E-state index contributed by atoms with van der Waals surface area (Å²) in [5.41, 5.74) is 2.97. The van der Waals surface area contributed by atoms with Crippen LogP contribution >= 0.6 is 9.03 Å². The highest BCUT2D eigenvalue weighted by atomic mass is 31.1. The summed E-state index contributed by atoms with van der Waals surface area (Å²) in [7, 11) is -0.917. The lowest BCUT2D eigenvalue weighted by molar-refractivity contribution is 0.502. The molecule has 3 nitrogen and oxygen atoms in total. The summed E-state index contributed by atoms with van der Waals surface area (Å²) in [5.74, 6) is 0.810. The van der Waals surface area contributed by atoms with Gasteiger partial charge in [0, 0.05) is 18.8 Å². The molecule has 19 heavy (non-hydrogen) atoms. The van der Waals surface area contributed by atoms with Crippen molar-refractivity contribution in [3.05, 3.63) is 54.1 Å². The van der Waals surface area contributed by atoms with Gasteiger partial charge in [-0.3, -0.25) is 0 Å². The Morgan fingerprint density at radius 2 is 1.89 bits per heavy atom. The van der Waals surface area contributed by atoms with Gasteiger partial charge in [0.05, 0.1) is 0 Å². The van der Waals surface area contributed by atoms with Gasteiger partial charge in [0.15, 0.2) is 0 Å². The molecular weight excluding hydrogens is 257 g/mol. The van der Waals surface area contributed by atoms with Gasteiger partial charge in [-0.25, -0.2) is 0 Å². The van der Waals surface area contributed by atoms with Crippen molar-refractivity contribution in [2.75, 3.05) is 18.0 Å². The Kier molecular flexibility index (Phi) is 5.59. The number of fused-ring (bicyclic) bond motifs is 1. The maximum atomic E-state index is 7.15. The molecule has 1 atom stereocenters.